The monoisotopic (exact) mass is 366 g/mol. The highest BCUT2D eigenvalue weighted by atomic mass is 32.2. The van der Waals surface area contributed by atoms with Gasteiger partial charge in [0.1, 0.15) is 0 Å². The van der Waals surface area contributed by atoms with Crippen LogP contribution in [0.2, 0.25) is 0 Å². The van der Waals surface area contributed by atoms with Crippen molar-refractivity contribution in [1.29, 1.82) is 0 Å². The van der Waals surface area contributed by atoms with Crippen LogP contribution in [-0.4, -0.2) is 27.5 Å². The minimum Gasteiger partial charge on any atom is -0.370 e. The standard InChI is InChI=1S/C16H22N4O2S2/c1-2-20-24(21,22)15-7-5-13(6-8-15)12-19-16(17)18-10-9-14-4-3-11-23-14/h3-8,11,20H,2,9-10,12H2,1H3,(H3,17,18,19). The van der Waals surface area contributed by atoms with E-state index in [1.54, 1.807) is 42.5 Å². The molecule has 0 fully saturated rings. The molecule has 0 amide bonds. The second-order valence-corrected chi connectivity index (χ2v) is 7.90. The molecule has 1 heterocycles. The van der Waals surface area contributed by atoms with E-state index in [1.165, 1.54) is 4.88 Å². The van der Waals surface area contributed by atoms with Gasteiger partial charge in [0.2, 0.25) is 10.0 Å². The second kappa shape index (κ2) is 8.81. The molecule has 8 heteroatoms. The molecule has 0 bridgehead atoms. The molecule has 130 valence electrons. The van der Waals surface area contributed by atoms with Crippen LogP contribution in [0.25, 0.3) is 0 Å². The highest BCUT2D eigenvalue weighted by Gasteiger charge is 2.11. The summed E-state index contributed by atoms with van der Waals surface area (Å²) in [6.45, 7) is 3.24. The van der Waals surface area contributed by atoms with E-state index in [0.717, 1.165) is 18.5 Å². The summed E-state index contributed by atoms with van der Waals surface area (Å²) in [7, 11) is -3.41. The number of rotatable bonds is 8. The van der Waals surface area contributed by atoms with Gasteiger partial charge in [-0.1, -0.05) is 25.1 Å². The molecule has 0 aliphatic rings. The molecule has 1 aromatic carbocycles. The Labute approximate surface area is 146 Å². The number of hydrogen-bond acceptors (Lipinski definition) is 4. The van der Waals surface area contributed by atoms with Gasteiger partial charge in [-0.25, -0.2) is 18.1 Å². The van der Waals surface area contributed by atoms with E-state index in [9.17, 15) is 8.42 Å². The van der Waals surface area contributed by atoms with E-state index in [-0.39, 0.29) is 4.90 Å². The van der Waals surface area contributed by atoms with Crippen molar-refractivity contribution in [3.8, 4) is 0 Å². The zero-order valence-corrected chi connectivity index (χ0v) is 15.2. The third-order valence-electron chi connectivity index (χ3n) is 3.26. The molecule has 6 nitrogen and oxygen atoms in total. The van der Waals surface area contributed by atoms with E-state index in [2.05, 4.69) is 21.1 Å². The lowest BCUT2D eigenvalue weighted by Gasteiger charge is -2.06. The van der Waals surface area contributed by atoms with Gasteiger partial charge in [0, 0.05) is 18.0 Å². The van der Waals surface area contributed by atoms with E-state index in [4.69, 9.17) is 5.73 Å². The average Bonchev–Trinajstić information content (AvgIpc) is 3.07. The maximum Gasteiger partial charge on any atom is 0.240 e. The number of nitrogens with zero attached hydrogens (tertiary/aromatic N) is 1. The Morgan fingerprint density at radius 1 is 1.25 bits per heavy atom. The van der Waals surface area contributed by atoms with Gasteiger partial charge in [0.25, 0.3) is 0 Å². The number of guanidine groups is 1. The van der Waals surface area contributed by atoms with E-state index in [1.807, 2.05) is 11.4 Å². The van der Waals surface area contributed by atoms with Crippen molar-refractivity contribution in [3.05, 3.63) is 52.2 Å². The maximum absolute atomic E-state index is 11.9. The molecule has 0 radical (unpaired) electrons. The molecule has 0 aliphatic heterocycles. The normalized spacial score (nSPS) is 12.3. The topological polar surface area (TPSA) is 96.6 Å². The number of nitrogens with one attached hydrogen (secondary N) is 2. The highest BCUT2D eigenvalue weighted by Crippen LogP contribution is 2.11. The predicted octanol–water partition coefficient (Wildman–Crippen LogP) is 1.69. The molecule has 0 aliphatic carbocycles. The van der Waals surface area contributed by atoms with Gasteiger partial charge in [-0.3, -0.25) is 0 Å². The lowest BCUT2D eigenvalue weighted by molar-refractivity contribution is 0.584. The third-order valence-corrected chi connectivity index (χ3v) is 5.76. The van der Waals surface area contributed by atoms with Gasteiger partial charge in [-0.15, -0.1) is 11.3 Å². The summed E-state index contributed by atoms with van der Waals surface area (Å²) < 4.78 is 26.2. The van der Waals surface area contributed by atoms with Crippen LogP contribution >= 0.6 is 11.3 Å². The second-order valence-electron chi connectivity index (χ2n) is 5.10. The first-order valence-corrected chi connectivity index (χ1v) is 10.0. The number of aliphatic imine (C=N–C) groups is 1. The Hall–Kier alpha value is -1.90. The summed E-state index contributed by atoms with van der Waals surface area (Å²) >= 11 is 1.72. The quantitative estimate of drug-likeness (QED) is 0.489. The molecule has 2 aromatic rings. The molecular formula is C16H22N4O2S2. The number of hydrogen-bond donors (Lipinski definition) is 3. The first-order valence-electron chi connectivity index (χ1n) is 7.66. The van der Waals surface area contributed by atoms with Gasteiger partial charge < -0.3 is 11.1 Å². The molecule has 2 rings (SSSR count). The fraction of sp³-hybridized carbons (Fsp3) is 0.312. The Bertz CT molecular complexity index is 754. The zero-order valence-electron chi connectivity index (χ0n) is 13.5. The number of thiophene rings is 1. The Kier molecular flexibility index (Phi) is 6.77. The first kappa shape index (κ1) is 18.4. The summed E-state index contributed by atoms with van der Waals surface area (Å²) in [5.41, 5.74) is 6.73. The molecule has 4 N–H and O–H groups in total. The van der Waals surface area contributed by atoms with Crippen molar-refractivity contribution in [2.75, 3.05) is 13.1 Å². The van der Waals surface area contributed by atoms with Crippen LogP contribution in [0.1, 0.15) is 17.4 Å². The molecule has 0 saturated heterocycles. The smallest absolute Gasteiger partial charge is 0.240 e. The van der Waals surface area contributed by atoms with Crippen molar-refractivity contribution < 1.29 is 8.42 Å². The minimum atomic E-state index is -3.41. The lowest BCUT2D eigenvalue weighted by atomic mass is 10.2. The number of nitrogens with two attached hydrogens (primary N) is 1. The lowest BCUT2D eigenvalue weighted by Crippen LogP contribution is -2.33. The molecule has 0 unspecified atom stereocenters. The Balaban J connectivity index is 1.84. The first-order chi connectivity index (χ1) is 11.5. The predicted molar refractivity (Wildman–Crippen MR) is 98.7 cm³/mol. The van der Waals surface area contributed by atoms with Gasteiger partial charge >= 0.3 is 0 Å². The molecule has 0 saturated carbocycles. The van der Waals surface area contributed by atoms with E-state index < -0.39 is 10.0 Å². The largest absolute Gasteiger partial charge is 0.370 e. The highest BCUT2D eigenvalue weighted by molar-refractivity contribution is 7.89. The van der Waals surface area contributed by atoms with Gasteiger partial charge in [0.05, 0.1) is 11.4 Å². The summed E-state index contributed by atoms with van der Waals surface area (Å²) in [6.07, 6.45) is 0.908. The minimum absolute atomic E-state index is 0.249. The van der Waals surface area contributed by atoms with Gasteiger partial charge in [-0.2, -0.15) is 0 Å². The van der Waals surface area contributed by atoms with Gasteiger partial charge in [0.15, 0.2) is 5.96 Å². The average molecular weight is 367 g/mol. The summed E-state index contributed by atoms with van der Waals surface area (Å²) in [5.74, 6) is 0.385. The summed E-state index contributed by atoms with van der Waals surface area (Å²) in [5, 5.41) is 5.12. The van der Waals surface area contributed by atoms with Crippen LogP contribution in [0.5, 0.6) is 0 Å². The fourth-order valence-electron chi connectivity index (χ4n) is 2.05. The van der Waals surface area contributed by atoms with Gasteiger partial charge in [-0.05, 0) is 35.6 Å². The molecule has 24 heavy (non-hydrogen) atoms. The molecule has 0 spiro atoms. The molecular weight excluding hydrogens is 344 g/mol. The van der Waals surface area contributed by atoms with E-state index >= 15 is 0 Å². The van der Waals surface area contributed by atoms with Crippen molar-refractivity contribution in [2.45, 2.75) is 24.8 Å². The maximum atomic E-state index is 11.9. The van der Waals surface area contributed by atoms with E-state index in [0.29, 0.717) is 19.0 Å². The Morgan fingerprint density at radius 2 is 2.00 bits per heavy atom. The molecule has 0 atom stereocenters. The third kappa shape index (κ3) is 5.63. The van der Waals surface area contributed by atoms with Crippen LogP contribution in [0.3, 0.4) is 0 Å². The summed E-state index contributed by atoms with van der Waals surface area (Å²) in [6, 6.07) is 10.7. The van der Waals surface area contributed by atoms with Crippen LogP contribution in [0, 0.1) is 0 Å². The SMILES string of the molecule is CCNS(=O)(=O)c1ccc(CN=C(N)NCCc2cccs2)cc1. The number of sulfonamides is 1. The Morgan fingerprint density at radius 3 is 2.62 bits per heavy atom. The zero-order chi connectivity index (χ0) is 17.4. The van der Waals surface area contributed by atoms with Crippen molar-refractivity contribution in [3.63, 3.8) is 0 Å². The van der Waals surface area contributed by atoms with Crippen molar-refractivity contribution in [1.82, 2.24) is 10.0 Å². The van der Waals surface area contributed by atoms with Crippen LogP contribution in [0.15, 0.2) is 51.7 Å². The van der Waals surface area contributed by atoms with Crippen LogP contribution in [-0.2, 0) is 23.0 Å². The van der Waals surface area contributed by atoms with Crippen molar-refractivity contribution >= 4 is 27.3 Å². The summed E-state index contributed by atoms with van der Waals surface area (Å²) in [4.78, 5) is 5.81. The van der Waals surface area contributed by atoms with Crippen molar-refractivity contribution in [2.24, 2.45) is 10.7 Å². The molecule has 1 aromatic heterocycles. The fourth-order valence-corrected chi connectivity index (χ4v) is 3.80. The van der Waals surface area contributed by atoms with Crippen LogP contribution in [0.4, 0.5) is 0 Å². The van der Waals surface area contributed by atoms with Crippen LogP contribution < -0.4 is 15.8 Å². The number of benzene rings is 1.